The maximum Gasteiger partial charge on any atom is 0.119 e. The van der Waals surface area contributed by atoms with Crippen molar-refractivity contribution >= 4 is 0 Å². The Hall–Kier alpha value is -1.06. The molecular formula is C14H21NO2. The fraction of sp³-hybridized carbons (Fsp3) is 0.571. The van der Waals surface area contributed by atoms with Crippen LogP contribution in [-0.4, -0.2) is 19.3 Å². The number of hydrogen-bond acceptors (Lipinski definition) is 3. The molecule has 0 radical (unpaired) electrons. The van der Waals surface area contributed by atoms with Gasteiger partial charge in [0.05, 0.1) is 18.2 Å². The molecule has 1 aromatic carbocycles. The van der Waals surface area contributed by atoms with Crippen LogP contribution in [0.5, 0.6) is 5.75 Å². The second kappa shape index (κ2) is 5.07. The molecule has 3 heteroatoms. The third-order valence-corrected chi connectivity index (χ3v) is 3.72. The van der Waals surface area contributed by atoms with E-state index in [1.54, 1.807) is 7.11 Å². The highest BCUT2D eigenvalue weighted by Crippen LogP contribution is 2.43. The van der Waals surface area contributed by atoms with E-state index < -0.39 is 0 Å². The Kier molecular flexibility index (Phi) is 3.69. The maximum absolute atomic E-state index is 6.30. The van der Waals surface area contributed by atoms with Crippen LogP contribution in [0.4, 0.5) is 0 Å². The molecule has 0 saturated heterocycles. The zero-order chi connectivity index (χ0) is 12.3. The van der Waals surface area contributed by atoms with E-state index in [0.717, 1.165) is 24.2 Å². The molecule has 2 rings (SSSR count). The molecule has 0 aromatic heterocycles. The first-order chi connectivity index (χ1) is 8.22. The standard InChI is InChI=1S/C14H21NO2/c1-3-17-12-7-5-11(6-8-12)13(15)14(16-2)9-4-10-14/h5-8,13H,3-4,9-10,15H2,1-2H3. The van der Waals surface area contributed by atoms with Gasteiger partial charge in [0.15, 0.2) is 0 Å². The summed E-state index contributed by atoms with van der Waals surface area (Å²) in [6, 6.07) is 7.97. The zero-order valence-corrected chi connectivity index (χ0v) is 10.6. The summed E-state index contributed by atoms with van der Waals surface area (Å²) >= 11 is 0. The van der Waals surface area contributed by atoms with Crippen molar-refractivity contribution in [2.75, 3.05) is 13.7 Å². The number of benzene rings is 1. The van der Waals surface area contributed by atoms with Gasteiger partial charge in [0.25, 0.3) is 0 Å². The number of ether oxygens (including phenoxy) is 2. The van der Waals surface area contributed by atoms with Crippen LogP contribution in [0.3, 0.4) is 0 Å². The predicted octanol–water partition coefficient (Wildman–Crippen LogP) is 2.65. The van der Waals surface area contributed by atoms with Crippen molar-refractivity contribution in [3.63, 3.8) is 0 Å². The normalized spacial score (nSPS) is 19.5. The van der Waals surface area contributed by atoms with Crippen molar-refractivity contribution in [3.8, 4) is 5.75 Å². The van der Waals surface area contributed by atoms with Gasteiger partial charge in [0, 0.05) is 7.11 Å². The van der Waals surface area contributed by atoms with Gasteiger partial charge < -0.3 is 15.2 Å². The van der Waals surface area contributed by atoms with Gasteiger partial charge >= 0.3 is 0 Å². The first kappa shape index (κ1) is 12.4. The van der Waals surface area contributed by atoms with Gasteiger partial charge in [-0.1, -0.05) is 12.1 Å². The average Bonchev–Trinajstić information content (AvgIpc) is 2.29. The van der Waals surface area contributed by atoms with E-state index in [9.17, 15) is 0 Å². The van der Waals surface area contributed by atoms with Crippen molar-refractivity contribution in [2.24, 2.45) is 5.73 Å². The molecule has 1 aliphatic carbocycles. The topological polar surface area (TPSA) is 44.5 Å². The van der Waals surface area contributed by atoms with Crippen LogP contribution in [0.1, 0.15) is 37.8 Å². The summed E-state index contributed by atoms with van der Waals surface area (Å²) in [6.45, 7) is 2.67. The molecule has 1 saturated carbocycles. The molecule has 17 heavy (non-hydrogen) atoms. The van der Waals surface area contributed by atoms with Crippen LogP contribution in [-0.2, 0) is 4.74 Å². The van der Waals surface area contributed by atoms with E-state index in [0.29, 0.717) is 6.61 Å². The van der Waals surface area contributed by atoms with Gasteiger partial charge in [0.2, 0.25) is 0 Å². The highest BCUT2D eigenvalue weighted by atomic mass is 16.5. The van der Waals surface area contributed by atoms with Gasteiger partial charge in [-0.2, -0.15) is 0 Å². The molecule has 1 unspecified atom stereocenters. The molecule has 1 aliphatic rings. The molecule has 3 nitrogen and oxygen atoms in total. The quantitative estimate of drug-likeness (QED) is 0.853. The second-order valence-electron chi connectivity index (χ2n) is 4.60. The van der Waals surface area contributed by atoms with E-state index in [1.165, 1.54) is 6.42 Å². The van der Waals surface area contributed by atoms with Crippen LogP contribution in [0.2, 0.25) is 0 Å². The lowest BCUT2D eigenvalue weighted by Gasteiger charge is -2.45. The van der Waals surface area contributed by atoms with Crippen LogP contribution >= 0.6 is 0 Å². The van der Waals surface area contributed by atoms with E-state index in [4.69, 9.17) is 15.2 Å². The fourth-order valence-corrected chi connectivity index (χ4v) is 2.41. The molecule has 94 valence electrons. The summed E-state index contributed by atoms with van der Waals surface area (Å²) in [5, 5.41) is 0. The molecule has 2 N–H and O–H groups in total. The van der Waals surface area contributed by atoms with Crippen molar-refractivity contribution < 1.29 is 9.47 Å². The third kappa shape index (κ3) is 2.31. The van der Waals surface area contributed by atoms with Gasteiger partial charge in [-0.15, -0.1) is 0 Å². The van der Waals surface area contributed by atoms with Crippen LogP contribution < -0.4 is 10.5 Å². The van der Waals surface area contributed by atoms with Crippen molar-refractivity contribution in [1.82, 2.24) is 0 Å². The number of nitrogens with two attached hydrogens (primary N) is 1. The van der Waals surface area contributed by atoms with Crippen LogP contribution in [0.25, 0.3) is 0 Å². The highest BCUT2D eigenvalue weighted by Gasteiger charge is 2.43. The molecule has 0 bridgehead atoms. The van der Waals surface area contributed by atoms with Gasteiger partial charge in [0.1, 0.15) is 5.75 Å². The van der Waals surface area contributed by atoms with Gasteiger partial charge in [-0.3, -0.25) is 0 Å². The van der Waals surface area contributed by atoms with E-state index in [-0.39, 0.29) is 11.6 Å². The Labute approximate surface area is 103 Å². The lowest BCUT2D eigenvalue weighted by molar-refractivity contribution is -0.0911. The smallest absolute Gasteiger partial charge is 0.119 e. The number of rotatable bonds is 5. The fourth-order valence-electron chi connectivity index (χ4n) is 2.41. The Bertz CT molecular complexity index is 351. The van der Waals surface area contributed by atoms with Crippen molar-refractivity contribution in [2.45, 2.75) is 37.8 Å². The molecule has 0 spiro atoms. The second-order valence-corrected chi connectivity index (χ2v) is 4.60. The lowest BCUT2D eigenvalue weighted by atomic mass is 9.72. The van der Waals surface area contributed by atoms with Gasteiger partial charge in [-0.05, 0) is 43.9 Å². The third-order valence-electron chi connectivity index (χ3n) is 3.72. The molecule has 1 atom stereocenters. The summed E-state index contributed by atoms with van der Waals surface area (Å²) in [7, 11) is 1.76. The summed E-state index contributed by atoms with van der Waals surface area (Å²) in [5.74, 6) is 0.892. The minimum Gasteiger partial charge on any atom is -0.494 e. The first-order valence-corrected chi connectivity index (χ1v) is 6.25. The minimum absolute atomic E-state index is 0.0445. The maximum atomic E-state index is 6.30. The molecule has 0 aliphatic heterocycles. The Morgan fingerprint density at radius 2 is 1.94 bits per heavy atom. The SMILES string of the molecule is CCOc1ccc(C(N)C2(OC)CCC2)cc1. The summed E-state index contributed by atoms with van der Waals surface area (Å²) in [6.07, 6.45) is 3.31. The zero-order valence-electron chi connectivity index (χ0n) is 10.6. The Morgan fingerprint density at radius 1 is 1.29 bits per heavy atom. The molecule has 0 heterocycles. The minimum atomic E-state index is -0.146. The van der Waals surface area contributed by atoms with Crippen LogP contribution in [0.15, 0.2) is 24.3 Å². The average molecular weight is 235 g/mol. The first-order valence-electron chi connectivity index (χ1n) is 6.25. The predicted molar refractivity (Wildman–Crippen MR) is 68.1 cm³/mol. The largest absolute Gasteiger partial charge is 0.494 e. The summed E-state index contributed by atoms with van der Waals surface area (Å²) in [5.41, 5.74) is 7.28. The van der Waals surface area contributed by atoms with E-state index in [1.807, 2.05) is 31.2 Å². The molecule has 1 fully saturated rings. The van der Waals surface area contributed by atoms with Crippen LogP contribution in [0, 0.1) is 0 Å². The van der Waals surface area contributed by atoms with Gasteiger partial charge in [-0.25, -0.2) is 0 Å². The van der Waals surface area contributed by atoms with E-state index >= 15 is 0 Å². The lowest BCUT2D eigenvalue weighted by Crippen LogP contribution is -2.48. The number of methoxy groups -OCH3 is 1. The van der Waals surface area contributed by atoms with Crippen molar-refractivity contribution in [1.29, 1.82) is 0 Å². The molecule has 0 amide bonds. The molecule has 1 aromatic rings. The highest BCUT2D eigenvalue weighted by molar-refractivity contribution is 5.31. The van der Waals surface area contributed by atoms with E-state index in [2.05, 4.69) is 0 Å². The number of hydrogen-bond donors (Lipinski definition) is 1. The Balaban J connectivity index is 2.11. The summed E-state index contributed by atoms with van der Waals surface area (Å²) < 4.78 is 11.0. The van der Waals surface area contributed by atoms with Crippen molar-refractivity contribution in [3.05, 3.63) is 29.8 Å². The monoisotopic (exact) mass is 235 g/mol. The molecular weight excluding hydrogens is 214 g/mol. The Morgan fingerprint density at radius 3 is 2.35 bits per heavy atom. The summed E-state index contributed by atoms with van der Waals surface area (Å²) in [4.78, 5) is 0.